The van der Waals surface area contributed by atoms with Crippen molar-refractivity contribution in [3.63, 3.8) is 0 Å². The van der Waals surface area contributed by atoms with Gasteiger partial charge in [-0.1, -0.05) is 42.5 Å². The molecule has 3 N–H and O–H groups in total. The molecule has 1 aromatic rings. The fourth-order valence-corrected chi connectivity index (χ4v) is 2.32. The molecule has 0 fully saturated rings. The average Bonchev–Trinajstić information content (AvgIpc) is 2.34. The standard InChI is InChI=1S/C12H18N2O2S/c13-9-4-5-10-14-17(15,16)11-8-12-6-2-1-3-7-12/h1-7,14H,8-11,13H2/b5-4+. The zero-order valence-corrected chi connectivity index (χ0v) is 10.5. The van der Waals surface area contributed by atoms with E-state index in [1.165, 1.54) is 0 Å². The minimum atomic E-state index is -3.20. The molecule has 0 aliphatic carbocycles. The Morgan fingerprint density at radius 3 is 2.53 bits per heavy atom. The molecule has 0 heterocycles. The van der Waals surface area contributed by atoms with Gasteiger partial charge in [0.05, 0.1) is 5.75 Å². The number of hydrogen-bond donors (Lipinski definition) is 2. The summed E-state index contributed by atoms with van der Waals surface area (Å²) in [5.74, 6) is 0.105. The van der Waals surface area contributed by atoms with E-state index in [0.717, 1.165) is 5.56 Å². The van der Waals surface area contributed by atoms with Gasteiger partial charge in [0.1, 0.15) is 0 Å². The summed E-state index contributed by atoms with van der Waals surface area (Å²) >= 11 is 0. The summed E-state index contributed by atoms with van der Waals surface area (Å²) in [7, 11) is -3.20. The first kappa shape index (κ1) is 13.9. The second kappa shape index (κ2) is 7.21. The number of benzene rings is 1. The van der Waals surface area contributed by atoms with Crippen molar-refractivity contribution < 1.29 is 8.42 Å². The third-order valence-electron chi connectivity index (χ3n) is 2.23. The molecule has 0 atom stereocenters. The molecule has 0 saturated carbocycles. The molecule has 0 aliphatic rings. The lowest BCUT2D eigenvalue weighted by atomic mass is 10.2. The molecule has 0 aromatic heterocycles. The van der Waals surface area contributed by atoms with E-state index >= 15 is 0 Å². The molecule has 4 nitrogen and oxygen atoms in total. The predicted octanol–water partition coefficient (Wildman–Crippen LogP) is 0.663. The third kappa shape index (κ3) is 6.21. The van der Waals surface area contributed by atoms with E-state index in [9.17, 15) is 8.42 Å². The lowest BCUT2D eigenvalue weighted by Gasteiger charge is -2.04. The lowest BCUT2D eigenvalue weighted by Crippen LogP contribution is -2.27. The van der Waals surface area contributed by atoms with Gasteiger partial charge in [0.15, 0.2) is 0 Å². The smallest absolute Gasteiger partial charge is 0.212 e. The monoisotopic (exact) mass is 254 g/mol. The first-order valence-corrected chi connectivity index (χ1v) is 7.15. The van der Waals surface area contributed by atoms with Crippen molar-refractivity contribution in [2.45, 2.75) is 6.42 Å². The number of nitrogens with one attached hydrogen (secondary N) is 1. The highest BCUT2D eigenvalue weighted by Crippen LogP contribution is 2.01. The molecule has 0 saturated heterocycles. The molecule has 94 valence electrons. The van der Waals surface area contributed by atoms with E-state index in [0.29, 0.717) is 19.5 Å². The molecule has 0 radical (unpaired) electrons. The molecule has 0 aliphatic heterocycles. The highest BCUT2D eigenvalue weighted by Gasteiger charge is 2.08. The maximum Gasteiger partial charge on any atom is 0.212 e. The molecule has 0 spiro atoms. The van der Waals surface area contributed by atoms with Crippen LogP contribution in [0, 0.1) is 0 Å². The number of nitrogens with two attached hydrogens (primary N) is 1. The highest BCUT2D eigenvalue weighted by atomic mass is 32.2. The first-order valence-electron chi connectivity index (χ1n) is 5.50. The first-order chi connectivity index (χ1) is 8.14. The van der Waals surface area contributed by atoms with Gasteiger partial charge in [-0.15, -0.1) is 0 Å². The fraction of sp³-hybridized carbons (Fsp3) is 0.333. The Hall–Kier alpha value is -1.17. The summed E-state index contributed by atoms with van der Waals surface area (Å²) in [5.41, 5.74) is 6.27. The van der Waals surface area contributed by atoms with Crippen LogP contribution in [0.5, 0.6) is 0 Å². The zero-order valence-electron chi connectivity index (χ0n) is 9.67. The van der Waals surface area contributed by atoms with Gasteiger partial charge in [-0.3, -0.25) is 0 Å². The van der Waals surface area contributed by atoms with Crippen LogP contribution in [0.4, 0.5) is 0 Å². The van der Waals surface area contributed by atoms with Crippen LogP contribution in [-0.4, -0.2) is 27.3 Å². The number of rotatable bonds is 7. The molecule has 0 bridgehead atoms. The summed E-state index contributed by atoms with van der Waals surface area (Å²) in [4.78, 5) is 0. The van der Waals surface area contributed by atoms with Gasteiger partial charge < -0.3 is 5.73 Å². The second-order valence-electron chi connectivity index (χ2n) is 3.61. The van der Waals surface area contributed by atoms with Crippen molar-refractivity contribution in [3.8, 4) is 0 Å². The van der Waals surface area contributed by atoms with Gasteiger partial charge >= 0.3 is 0 Å². The summed E-state index contributed by atoms with van der Waals surface area (Å²) in [6.07, 6.45) is 3.95. The van der Waals surface area contributed by atoms with E-state index in [2.05, 4.69) is 4.72 Å². The van der Waals surface area contributed by atoms with E-state index in [1.54, 1.807) is 12.2 Å². The average molecular weight is 254 g/mol. The van der Waals surface area contributed by atoms with E-state index in [4.69, 9.17) is 5.73 Å². The van der Waals surface area contributed by atoms with Gasteiger partial charge in [0.2, 0.25) is 10.0 Å². The number of hydrogen-bond acceptors (Lipinski definition) is 3. The van der Waals surface area contributed by atoms with Crippen LogP contribution < -0.4 is 10.5 Å². The van der Waals surface area contributed by atoms with Gasteiger partial charge in [-0.25, -0.2) is 13.1 Å². The minimum Gasteiger partial charge on any atom is -0.327 e. The van der Waals surface area contributed by atoms with Gasteiger partial charge in [-0.05, 0) is 12.0 Å². The molecule has 1 aromatic carbocycles. The summed E-state index contributed by atoms with van der Waals surface area (Å²) < 4.78 is 25.7. The SMILES string of the molecule is NC/C=C/CNS(=O)(=O)CCc1ccccc1. The topological polar surface area (TPSA) is 72.2 Å². The molecule has 1 rings (SSSR count). The Balaban J connectivity index is 2.37. The van der Waals surface area contributed by atoms with Crippen molar-refractivity contribution >= 4 is 10.0 Å². The molecule has 17 heavy (non-hydrogen) atoms. The van der Waals surface area contributed by atoms with Crippen LogP contribution in [0.25, 0.3) is 0 Å². The van der Waals surface area contributed by atoms with Crippen molar-refractivity contribution in [2.24, 2.45) is 5.73 Å². The Morgan fingerprint density at radius 1 is 1.18 bits per heavy atom. The van der Waals surface area contributed by atoms with Crippen LogP contribution >= 0.6 is 0 Å². The van der Waals surface area contributed by atoms with Crippen LogP contribution in [-0.2, 0) is 16.4 Å². The molecule has 0 unspecified atom stereocenters. The highest BCUT2D eigenvalue weighted by molar-refractivity contribution is 7.89. The van der Waals surface area contributed by atoms with Crippen molar-refractivity contribution in [3.05, 3.63) is 48.0 Å². The van der Waals surface area contributed by atoms with Crippen molar-refractivity contribution in [2.75, 3.05) is 18.8 Å². The van der Waals surface area contributed by atoms with E-state index in [-0.39, 0.29) is 5.75 Å². The van der Waals surface area contributed by atoms with Crippen molar-refractivity contribution in [1.82, 2.24) is 4.72 Å². The second-order valence-corrected chi connectivity index (χ2v) is 5.54. The Bertz CT molecular complexity index is 441. The Labute approximate surface area is 103 Å². The quantitative estimate of drug-likeness (QED) is 0.702. The van der Waals surface area contributed by atoms with Crippen LogP contribution in [0.2, 0.25) is 0 Å². The largest absolute Gasteiger partial charge is 0.327 e. The van der Waals surface area contributed by atoms with Crippen LogP contribution in [0.3, 0.4) is 0 Å². The molecular formula is C12H18N2O2S. The lowest BCUT2D eigenvalue weighted by molar-refractivity contribution is 0.585. The molecule has 5 heteroatoms. The van der Waals surface area contributed by atoms with Crippen LogP contribution in [0.1, 0.15) is 5.56 Å². The summed E-state index contributed by atoms with van der Waals surface area (Å²) in [6.45, 7) is 0.722. The minimum absolute atomic E-state index is 0.105. The maximum absolute atomic E-state index is 11.6. The predicted molar refractivity (Wildman–Crippen MR) is 70.1 cm³/mol. The van der Waals surface area contributed by atoms with Gasteiger partial charge in [0, 0.05) is 13.1 Å². The fourth-order valence-electron chi connectivity index (χ4n) is 1.32. The van der Waals surface area contributed by atoms with Gasteiger partial charge in [-0.2, -0.15) is 0 Å². The Morgan fingerprint density at radius 2 is 1.88 bits per heavy atom. The number of sulfonamides is 1. The number of aryl methyl sites for hydroxylation is 1. The zero-order chi connectivity index (χ0) is 12.6. The van der Waals surface area contributed by atoms with E-state index < -0.39 is 10.0 Å². The van der Waals surface area contributed by atoms with Crippen LogP contribution in [0.15, 0.2) is 42.5 Å². The summed E-state index contributed by atoms with van der Waals surface area (Å²) in [6, 6.07) is 9.56. The van der Waals surface area contributed by atoms with Gasteiger partial charge in [0.25, 0.3) is 0 Å². The van der Waals surface area contributed by atoms with Crippen molar-refractivity contribution in [1.29, 1.82) is 0 Å². The normalized spacial score (nSPS) is 12.1. The summed E-state index contributed by atoms with van der Waals surface area (Å²) in [5, 5.41) is 0. The third-order valence-corrected chi connectivity index (χ3v) is 3.57. The maximum atomic E-state index is 11.6. The van der Waals surface area contributed by atoms with E-state index in [1.807, 2.05) is 30.3 Å². The molecular weight excluding hydrogens is 236 g/mol. The Kier molecular flexibility index (Phi) is 5.90. The molecule has 0 amide bonds.